The van der Waals surface area contributed by atoms with Crippen molar-refractivity contribution in [2.45, 2.75) is 32.2 Å². The average Bonchev–Trinajstić information content (AvgIpc) is 2.44. The number of rotatable bonds is 4. The highest BCUT2D eigenvalue weighted by Gasteiger charge is 2.40. The predicted octanol–water partition coefficient (Wildman–Crippen LogP) is 3.25. The van der Waals surface area contributed by atoms with Crippen LogP contribution >= 0.6 is 11.6 Å². The fraction of sp³-hybridized carbons (Fsp3) is 0.467. The summed E-state index contributed by atoms with van der Waals surface area (Å²) in [5.74, 6) is -2.28. The Bertz CT molecular complexity index is 564. The van der Waals surface area contributed by atoms with E-state index in [0.29, 0.717) is 12.1 Å². The number of carbonyl (C=O) groups is 2. The Balaban J connectivity index is 2.45. The molecule has 0 spiro atoms. The number of carboxylic acid groups (broad SMARTS) is 1. The number of likely N-dealkylation sites (tertiary alicyclic amines) is 1. The van der Waals surface area contributed by atoms with Gasteiger partial charge in [-0.25, -0.2) is 4.39 Å². The lowest BCUT2D eigenvalue weighted by atomic mass is 9.84. The van der Waals surface area contributed by atoms with E-state index in [1.807, 2.05) is 6.92 Å². The Morgan fingerprint density at radius 2 is 2.24 bits per heavy atom. The second kappa shape index (κ2) is 6.43. The summed E-state index contributed by atoms with van der Waals surface area (Å²) in [7, 11) is 0. The lowest BCUT2D eigenvalue weighted by Gasteiger charge is -2.39. The van der Waals surface area contributed by atoms with Crippen LogP contribution in [0, 0.1) is 11.7 Å². The van der Waals surface area contributed by atoms with E-state index >= 15 is 0 Å². The summed E-state index contributed by atoms with van der Waals surface area (Å²) in [6, 6.07) is 3.53. The molecule has 1 fully saturated rings. The standard InChI is InChI=1S/C15H17ClFNO3/c1-2-7-18-13(19)6-4-10(15(20)21)14(18)9-3-5-12(17)11(16)8-9/h3,5,8,10,14H,2,4,6-7H2,1H3,(H,20,21). The van der Waals surface area contributed by atoms with Crippen LogP contribution in [0.25, 0.3) is 0 Å². The third kappa shape index (κ3) is 3.18. The second-order valence-corrected chi connectivity index (χ2v) is 5.60. The van der Waals surface area contributed by atoms with Crippen molar-refractivity contribution in [2.75, 3.05) is 6.54 Å². The maximum atomic E-state index is 13.3. The highest BCUT2D eigenvalue weighted by Crippen LogP contribution is 2.38. The van der Waals surface area contributed by atoms with E-state index < -0.39 is 23.7 Å². The van der Waals surface area contributed by atoms with Crippen LogP contribution in [-0.2, 0) is 9.59 Å². The van der Waals surface area contributed by atoms with Crippen LogP contribution in [0.2, 0.25) is 5.02 Å². The van der Waals surface area contributed by atoms with Gasteiger partial charge in [-0.05, 0) is 30.5 Å². The van der Waals surface area contributed by atoms with Gasteiger partial charge in [0.1, 0.15) is 5.82 Å². The molecule has 1 aromatic rings. The van der Waals surface area contributed by atoms with Crippen molar-refractivity contribution < 1.29 is 19.1 Å². The van der Waals surface area contributed by atoms with Crippen molar-refractivity contribution in [1.29, 1.82) is 0 Å². The highest BCUT2D eigenvalue weighted by atomic mass is 35.5. The molecule has 1 heterocycles. The Labute approximate surface area is 127 Å². The molecule has 6 heteroatoms. The number of piperidine rings is 1. The molecule has 0 aliphatic carbocycles. The molecule has 0 radical (unpaired) electrons. The predicted molar refractivity (Wildman–Crippen MR) is 76.5 cm³/mol. The van der Waals surface area contributed by atoms with Gasteiger partial charge in [-0.15, -0.1) is 0 Å². The Morgan fingerprint density at radius 3 is 2.81 bits per heavy atom. The Kier molecular flexibility index (Phi) is 4.83. The summed E-state index contributed by atoms with van der Waals surface area (Å²) in [5, 5.41) is 9.36. The van der Waals surface area contributed by atoms with E-state index in [-0.39, 0.29) is 23.8 Å². The van der Waals surface area contributed by atoms with Crippen molar-refractivity contribution in [3.8, 4) is 0 Å². The van der Waals surface area contributed by atoms with Crippen molar-refractivity contribution >= 4 is 23.5 Å². The molecule has 1 aliphatic rings. The van der Waals surface area contributed by atoms with Gasteiger partial charge >= 0.3 is 5.97 Å². The minimum atomic E-state index is -0.950. The smallest absolute Gasteiger partial charge is 0.308 e. The molecule has 1 amide bonds. The third-order valence-electron chi connectivity index (χ3n) is 3.77. The second-order valence-electron chi connectivity index (χ2n) is 5.19. The zero-order valence-corrected chi connectivity index (χ0v) is 12.4. The van der Waals surface area contributed by atoms with Crippen molar-refractivity contribution in [1.82, 2.24) is 4.90 Å². The molecular weight excluding hydrogens is 297 g/mol. The van der Waals surface area contributed by atoms with Gasteiger partial charge in [0.05, 0.1) is 17.0 Å². The number of nitrogens with zero attached hydrogens (tertiary/aromatic N) is 1. The lowest BCUT2D eigenvalue weighted by Crippen LogP contribution is -2.45. The maximum absolute atomic E-state index is 13.3. The molecule has 0 bridgehead atoms. The van der Waals surface area contributed by atoms with E-state index in [2.05, 4.69) is 0 Å². The van der Waals surface area contributed by atoms with E-state index in [1.165, 1.54) is 18.2 Å². The van der Waals surface area contributed by atoms with Gasteiger partial charge in [0.2, 0.25) is 5.91 Å². The number of aliphatic carboxylic acids is 1. The summed E-state index contributed by atoms with van der Waals surface area (Å²) in [6.45, 7) is 2.40. The molecule has 1 aliphatic heterocycles. The van der Waals surface area contributed by atoms with Crippen LogP contribution in [0.4, 0.5) is 4.39 Å². The van der Waals surface area contributed by atoms with Gasteiger partial charge < -0.3 is 10.0 Å². The summed E-state index contributed by atoms with van der Waals surface area (Å²) in [6.07, 6.45) is 1.24. The minimum absolute atomic E-state index is 0.0638. The first-order valence-electron chi connectivity index (χ1n) is 6.93. The quantitative estimate of drug-likeness (QED) is 0.928. The molecule has 21 heavy (non-hydrogen) atoms. The van der Waals surface area contributed by atoms with E-state index in [0.717, 1.165) is 6.42 Å². The van der Waals surface area contributed by atoms with Gasteiger partial charge in [-0.3, -0.25) is 9.59 Å². The Hall–Kier alpha value is -1.62. The van der Waals surface area contributed by atoms with E-state index in [9.17, 15) is 19.1 Å². The van der Waals surface area contributed by atoms with Crippen molar-refractivity contribution in [3.63, 3.8) is 0 Å². The van der Waals surface area contributed by atoms with Gasteiger partial charge in [-0.2, -0.15) is 0 Å². The van der Waals surface area contributed by atoms with Crippen molar-refractivity contribution in [2.24, 2.45) is 5.92 Å². The molecule has 4 nitrogen and oxygen atoms in total. The molecule has 2 atom stereocenters. The van der Waals surface area contributed by atoms with Crippen LogP contribution < -0.4 is 0 Å². The lowest BCUT2D eigenvalue weighted by molar-refractivity contribution is -0.152. The summed E-state index contributed by atoms with van der Waals surface area (Å²) < 4.78 is 13.3. The third-order valence-corrected chi connectivity index (χ3v) is 4.06. The number of halogens is 2. The Morgan fingerprint density at radius 1 is 1.52 bits per heavy atom. The highest BCUT2D eigenvalue weighted by molar-refractivity contribution is 6.30. The van der Waals surface area contributed by atoms with E-state index in [4.69, 9.17) is 11.6 Å². The number of hydrogen-bond acceptors (Lipinski definition) is 2. The van der Waals surface area contributed by atoms with Crippen LogP contribution in [0.1, 0.15) is 37.8 Å². The normalized spacial score (nSPS) is 22.4. The van der Waals surface area contributed by atoms with Gasteiger partial charge in [0.25, 0.3) is 0 Å². The monoisotopic (exact) mass is 313 g/mol. The average molecular weight is 314 g/mol. The topological polar surface area (TPSA) is 57.6 Å². The number of carboxylic acids is 1. The molecule has 0 saturated carbocycles. The maximum Gasteiger partial charge on any atom is 0.308 e. The fourth-order valence-electron chi connectivity index (χ4n) is 2.82. The minimum Gasteiger partial charge on any atom is -0.481 e. The molecule has 1 aromatic carbocycles. The zero-order valence-electron chi connectivity index (χ0n) is 11.7. The number of hydrogen-bond donors (Lipinski definition) is 1. The molecular formula is C15H17ClFNO3. The molecule has 2 unspecified atom stereocenters. The molecule has 114 valence electrons. The van der Waals surface area contributed by atoms with E-state index in [1.54, 1.807) is 4.90 Å². The first-order chi connectivity index (χ1) is 9.95. The zero-order chi connectivity index (χ0) is 15.6. The van der Waals surface area contributed by atoms with Gasteiger partial charge in [0, 0.05) is 13.0 Å². The number of benzene rings is 1. The van der Waals surface area contributed by atoms with Crippen LogP contribution in [-0.4, -0.2) is 28.4 Å². The largest absolute Gasteiger partial charge is 0.481 e. The molecule has 1 saturated heterocycles. The SMILES string of the molecule is CCCN1C(=O)CCC(C(=O)O)C1c1ccc(F)c(Cl)c1. The van der Waals surface area contributed by atoms with Crippen LogP contribution in [0.3, 0.4) is 0 Å². The summed E-state index contributed by atoms with van der Waals surface area (Å²) in [5.41, 5.74) is 0.565. The first-order valence-corrected chi connectivity index (χ1v) is 7.30. The number of amides is 1. The van der Waals surface area contributed by atoms with Crippen LogP contribution in [0.15, 0.2) is 18.2 Å². The van der Waals surface area contributed by atoms with Gasteiger partial charge in [0.15, 0.2) is 0 Å². The molecule has 0 aromatic heterocycles. The fourth-order valence-corrected chi connectivity index (χ4v) is 3.01. The first kappa shape index (κ1) is 15.8. The molecule has 1 N–H and O–H groups in total. The number of carbonyl (C=O) groups excluding carboxylic acids is 1. The summed E-state index contributed by atoms with van der Waals surface area (Å²) in [4.78, 5) is 25.2. The molecule has 2 rings (SSSR count). The summed E-state index contributed by atoms with van der Waals surface area (Å²) >= 11 is 5.80. The van der Waals surface area contributed by atoms with Crippen molar-refractivity contribution in [3.05, 3.63) is 34.6 Å². The van der Waals surface area contributed by atoms with Crippen LogP contribution in [0.5, 0.6) is 0 Å². The van der Waals surface area contributed by atoms with Gasteiger partial charge in [-0.1, -0.05) is 24.6 Å².